The van der Waals surface area contributed by atoms with Crippen LogP contribution in [0.2, 0.25) is 0 Å². The lowest BCUT2D eigenvalue weighted by Gasteiger charge is -2.08. The van der Waals surface area contributed by atoms with Crippen molar-refractivity contribution in [3.8, 4) is 5.69 Å². The zero-order chi connectivity index (χ0) is 14.0. The van der Waals surface area contributed by atoms with E-state index >= 15 is 0 Å². The molecule has 0 saturated heterocycles. The summed E-state index contributed by atoms with van der Waals surface area (Å²) in [6.45, 7) is 0. The van der Waals surface area contributed by atoms with Crippen molar-refractivity contribution in [2.45, 2.75) is 0 Å². The van der Waals surface area contributed by atoms with Crippen LogP contribution >= 0.6 is 12.2 Å². The van der Waals surface area contributed by atoms with Crippen molar-refractivity contribution in [3.05, 3.63) is 47.5 Å². The third-order valence-electron chi connectivity index (χ3n) is 2.53. The van der Waals surface area contributed by atoms with Crippen molar-refractivity contribution < 1.29 is 9.18 Å². The number of amides is 1. The van der Waals surface area contributed by atoms with Gasteiger partial charge >= 0.3 is 0 Å². The fourth-order valence-corrected chi connectivity index (χ4v) is 1.86. The van der Waals surface area contributed by atoms with E-state index in [1.807, 2.05) is 0 Å². The molecule has 7 heteroatoms. The van der Waals surface area contributed by atoms with Gasteiger partial charge in [0.1, 0.15) is 10.8 Å². The highest BCUT2D eigenvalue weighted by atomic mass is 32.1. The Kier molecular flexibility index (Phi) is 3.57. The number of benzene rings is 1. The smallest absolute Gasteiger partial charge is 0.271 e. The predicted octanol–water partition coefficient (Wildman–Crippen LogP) is 1.01. The molecular formula is C12H11FN4OS. The standard InChI is InChI=1S/C12H11FN4OS/c1-15-12(18)8-5-6-17(16-8)9-4-2-3-7(13)10(9)11(14)19/h2-6H,1H3,(H2,14,19)(H,15,18). The molecule has 0 radical (unpaired) electrons. The molecule has 2 aromatic rings. The maximum atomic E-state index is 13.7. The zero-order valence-electron chi connectivity index (χ0n) is 10.1. The predicted molar refractivity (Wildman–Crippen MR) is 72.8 cm³/mol. The summed E-state index contributed by atoms with van der Waals surface area (Å²) < 4.78 is 15.1. The molecule has 0 bridgehead atoms. The molecule has 0 unspecified atom stereocenters. The zero-order valence-corrected chi connectivity index (χ0v) is 10.9. The summed E-state index contributed by atoms with van der Waals surface area (Å²) in [5, 5.41) is 6.51. The summed E-state index contributed by atoms with van der Waals surface area (Å²) in [6.07, 6.45) is 1.54. The number of hydrogen-bond donors (Lipinski definition) is 2. The molecule has 1 heterocycles. The highest BCUT2D eigenvalue weighted by molar-refractivity contribution is 7.80. The van der Waals surface area contributed by atoms with Gasteiger partial charge in [0.2, 0.25) is 0 Å². The number of nitrogens with one attached hydrogen (secondary N) is 1. The Bertz CT molecular complexity index is 653. The summed E-state index contributed by atoms with van der Waals surface area (Å²) in [6, 6.07) is 5.93. The summed E-state index contributed by atoms with van der Waals surface area (Å²) in [4.78, 5) is 11.4. The quantitative estimate of drug-likeness (QED) is 0.822. The summed E-state index contributed by atoms with van der Waals surface area (Å²) in [7, 11) is 1.50. The first-order valence-electron chi connectivity index (χ1n) is 5.41. The van der Waals surface area contributed by atoms with Crippen molar-refractivity contribution in [1.29, 1.82) is 0 Å². The first-order chi connectivity index (χ1) is 9.04. The average molecular weight is 278 g/mol. The van der Waals surface area contributed by atoms with Gasteiger partial charge in [0.05, 0.1) is 11.3 Å². The fraction of sp³-hybridized carbons (Fsp3) is 0.0833. The van der Waals surface area contributed by atoms with E-state index in [0.29, 0.717) is 5.69 Å². The van der Waals surface area contributed by atoms with Gasteiger partial charge in [-0.2, -0.15) is 5.10 Å². The Morgan fingerprint density at radius 2 is 2.21 bits per heavy atom. The molecule has 5 nitrogen and oxygen atoms in total. The van der Waals surface area contributed by atoms with Crippen LogP contribution < -0.4 is 11.1 Å². The van der Waals surface area contributed by atoms with Crippen molar-refractivity contribution in [1.82, 2.24) is 15.1 Å². The lowest BCUT2D eigenvalue weighted by atomic mass is 10.1. The fourth-order valence-electron chi connectivity index (χ4n) is 1.65. The van der Waals surface area contributed by atoms with E-state index < -0.39 is 5.82 Å². The highest BCUT2D eigenvalue weighted by Crippen LogP contribution is 2.17. The Labute approximate surface area is 114 Å². The Morgan fingerprint density at radius 1 is 1.47 bits per heavy atom. The minimum atomic E-state index is -0.526. The molecule has 0 spiro atoms. The molecule has 98 valence electrons. The van der Waals surface area contributed by atoms with E-state index in [-0.39, 0.29) is 22.2 Å². The third-order valence-corrected chi connectivity index (χ3v) is 2.74. The maximum Gasteiger partial charge on any atom is 0.271 e. The molecule has 1 aromatic heterocycles. The first kappa shape index (κ1) is 13.2. The molecule has 0 atom stereocenters. The van der Waals surface area contributed by atoms with Crippen LogP contribution in [-0.2, 0) is 0 Å². The van der Waals surface area contributed by atoms with Gasteiger partial charge in [-0.05, 0) is 18.2 Å². The largest absolute Gasteiger partial charge is 0.389 e. The van der Waals surface area contributed by atoms with E-state index in [9.17, 15) is 9.18 Å². The average Bonchev–Trinajstić information content (AvgIpc) is 2.86. The van der Waals surface area contributed by atoms with Gasteiger partial charge in [0.15, 0.2) is 5.69 Å². The number of carbonyl (C=O) groups is 1. The monoisotopic (exact) mass is 278 g/mol. The van der Waals surface area contributed by atoms with Gasteiger partial charge in [0.25, 0.3) is 5.91 Å². The van der Waals surface area contributed by atoms with Gasteiger partial charge in [-0.25, -0.2) is 9.07 Å². The second-order valence-electron chi connectivity index (χ2n) is 3.72. The summed E-state index contributed by atoms with van der Waals surface area (Å²) in [5.74, 6) is -0.853. The van der Waals surface area contributed by atoms with Gasteiger partial charge in [-0.15, -0.1) is 0 Å². The molecule has 2 rings (SSSR count). The van der Waals surface area contributed by atoms with Crippen LogP contribution in [0, 0.1) is 5.82 Å². The topological polar surface area (TPSA) is 72.9 Å². The van der Waals surface area contributed by atoms with Crippen LogP contribution in [0.25, 0.3) is 5.69 Å². The molecule has 0 saturated carbocycles. The number of thiocarbonyl (C=S) groups is 1. The Morgan fingerprint density at radius 3 is 2.84 bits per heavy atom. The van der Waals surface area contributed by atoms with E-state index in [4.69, 9.17) is 18.0 Å². The number of hydrogen-bond acceptors (Lipinski definition) is 3. The van der Waals surface area contributed by atoms with Crippen LogP contribution in [0.15, 0.2) is 30.5 Å². The van der Waals surface area contributed by atoms with Crippen LogP contribution in [0.4, 0.5) is 4.39 Å². The van der Waals surface area contributed by atoms with E-state index in [0.717, 1.165) is 0 Å². The van der Waals surface area contributed by atoms with E-state index in [2.05, 4.69) is 10.4 Å². The highest BCUT2D eigenvalue weighted by Gasteiger charge is 2.15. The molecule has 0 aliphatic carbocycles. The first-order valence-corrected chi connectivity index (χ1v) is 5.82. The second-order valence-corrected chi connectivity index (χ2v) is 4.16. The van der Waals surface area contributed by atoms with Crippen LogP contribution in [0.5, 0.6) is 0 Å². The van der Waals surface area contributed by atoms with Crippen molar-refractivity contribution in [2.24, 2.45) is 5.73 Å². The number of halogens is 1. The van der Waals surface area contributed by atoms with Crippen LogP contribution in [0.1, 0.15) is 16.1 Å². The molecule has 0 fully saturated rings. The van der Waals surface area contributed by atoms with Crippen molar-refractivity contribution in [2.75, 3.05) is 7.05 Å². The van der Waals surface area contributed by atoms with Crippen molar-refractivity contribution >= 4 is 23.1 Å². The van der Waals surface area contributed by atoms with Gasteiger partial charge in [0, 0.05) is 13.2 Å². The molecule has 1 aromatic carbocycles. The number of rotatable bonds is 3. The number of nitrogens with zero attached hydrogens (tertiary/aromatic N) is 2. The van der Waals surface area contributed by atoms with Crippen molar-refractivity contribution in [3.63, 3.8) is 0 Å². The lowest BCUT2D eigenvalue weighted by Crippen LogP contribution is -2.19. The number of carbonyl (C=O) groups excluding carboxylic acids is 1. The molecule has 3 N–H and O–H groups in total. The molecule has 19 heavy (non-hydrogen) atoms. The van der Waals surface area contributed by atoms with Crippen LogP contribution in [0.3, 0.4) is 0 Å². The van der Waals surface area contributed by atoms with E-state index in [1.54, 1.807) is 12.3 Å². The second kappa shape index (κ2) is 5.15. The maximum absolute atomic E-state index is 13.7. The molecule has 0 aliphatic rings. The SMILES string of the molecule is CNC(=O)c1ccn(-c2cccc(F)c2C(N)=S)n1. The summed E-state index contributed by atoms with van der Waals surface area (Å²) >= 11 is 4.84. The summed E-state index contributed by atoms with van der Waals surface area (Å²) in [5.41, 5.74) is 6.23. The number of nitrogens with two attached hydrogens (primary N) is 1. The third kappa shape index (κ3) is 2.45. The van der Waals surface area contributed by atoms with Gasteiger partial charge in [-0.3, -0.25) is 4.79 Å². The molecule has 0 aliphatic heterocycles. The molecule has 1 amide bonds. The molecular weight excluding hydrogens is 267 g/mol. The lowest BCUT2D eigenvalue weighted by molar-refractivity contribution is 0.0957. The Hall–Kier alpha value is -2.28. The normalized spacial score (nSPS) is 10.2. The number of aromatic nitrogens is 2. The van der Waals surface area contributed by atoms with E-state index in [1.165, 1.54) is 29.9 Å². The Balaban J connectivity index is 2.53. The minimum Gasteiger partial charge on any atom is -0.389 e. The minimum absolute atomic E-state index is 0.0647. The van der Waals surface area contributed by atoms with Crippen LogP contribution in [-0.4, -0.2) is 27.7 Å². The van der Waals surface area contributed by atoms with Gasteiger partial charge in [-0.1, -0.05) is 18.3 Å². The van der Waals surface area contributed by atoms with Gasteiger partial charge < -0.3 is 11.1 Å².